The smallest absolute Gasteiger partial charge is 0.395 e. The van der Waals surface area contributed by atoms with Crippen molar-refractivity contribution in [2.75, 3.05) is 16.4 Å². The quantitative estimate of drug-likeness (QED) is 0.334. The van der Waals surface area contributed by atoms with Crippen molar-refractivity contribution in [3.05, 3.63) is 53.3 Å². The van der Waals surface area contributed by atoms with Crippen molar-refractivity contribution in [2.45, 2.75) is 51.3 Å². The Bertz CT molecular complexity index is 886. The van der Waals surface area contributed by atoms with E-state index in [9.17, 15) is 31.1 Å². The van der Waals surface area contributed by atoms with Gasteiger partial charge in [-0.3, -0.25) is 4.79 Å². The van der Waals surface area contributed by atoms with Gasteiger partial charge in [-0.25, -0.2) is 13.2 Å². The molecule has 0 aliphatic rings. The minimum absolute atomic E-state index is 0.00766. The van der Waals surface area contributed by atoms with Gasteiger partial charge in [0.05, 0.1) is 22.6 Å². The van der Waals surface area contributed by atoms with Crippen molar-refractivity contribution < 1.29 is 31.1 Å². The summed E-state index contributed by atoms with van der Waals surface area (Å²) in [5.41, 5.74) is 4.54. The highest BCUT2D eigenvalue weighted by atomic mass is 19.4. The lowest BCUT2D eigenvalue weighted by Crippen LogP contribution is -2.32. The molecule has 0 saturated carbocycles. The molecular weight excluding hydrogens is 424 g/mol. The van der Waals surface area contributed by atoms with E-state index in [-0.39, 0.29) is 24.3 Å². The summed E-state index contributed by atoms with van der Waals surface area (Å²) in [6, 6.07) is 6.76. The van der Waals surface area contributed by atoms with Gasteiger partial charge in [0.15, 0.2) is 5.82 Å². The molecule has 4 nitrogen and oxygen atoms in total. The predicted molar refractivity (Wildman–Crippen MR) is 108 cm³/mol. The van der Waals surface area contributed by atoms with Crippen LogP contribution < -0.4 is 16.4 Å². The Balaban J connectivity index is 2.02. The number of unbranched alkanes of at least 4 members (excludes halogenated alkanes) is 1. The number of carbonyl (C=O) groups is 1. The van der Waals surface area contributed by atoms with E-state index in [0.717, 1.165) is 12.1 Å². The first-order valence-corrected chi connectivity index (χ1v) is 9.61. The maximum Gasteiger partial charge on any atom is 0.416 e. The SMILES string of the molecule is CCCC[C@H](F)[C@H](F)C(=O)Nc1ccc(NCc2ccc(C(F)(F)F)cc2)c(F)c1N. The number of anilines is 3. The molecule has 0 aliphatic heterocycles. The molecule has 2 atom stereocenters. The fourth-order valence-electron chi connectivity index (χ4n) is 2.76. The van der Waals surface area contributed by atoms with E-state index in [4.69, 9.17) is 5.73 Å². The average molecular weight is 447 g/mol. The number of benzene rings is 2. The van der Waals surface area contributed by atoms with Crippen LogP contribution in [0, 0.1) is 5.82 Å². The molecule has 2 rings (SSSR count). The summed E-state index contributed by atoms with van der Waals surface area (Å²) in [6.45, 7) is 1.81. The second kappa shape index (κ2) is 10.4. The maximum absolute atomic E-state index is 14.5. The summed E-state index contributed by atoms with van der Waals surface area (Å²) in [7, 11) is 0. The molecule has 2 aromatic carbocycles. The van der Waals surface area contributed by atoms with E-state index < -0.39 is 41.5 Å². The van der Waals surface area contributed by atoms with Gasteiger partial charge < -0.3 is 16.4 Å². The monoisotopic (exact) mass is 447 g/mol. The number of nitrogens with one attached hydrogen (secondary N) is 2. The second-order valence-electron chi connectivity index (χ2n) is 6.99. The maximum atomic E-state index is 14.5. The van der Waals surface area contributed by atoms with Crippen LogP contribution in [0.2, 0.25) is 0 Å². The number of hydrogen-bond donors (Lipinski definition) is 3. The van der Waals surface area contributed by atoms with Crippen molar-refractivity contribution in [3.63, 3.8) is 0 Å². The molecule has 4 N–H and O–H groups in total. The third-order valence-corrected chi connectivity index (χ3v) is 4.60. The minimum Gasteiger partial charge on any atom is -0.395 e. The molecule has 0 fully saturated rings. The first kappa shape index (κ1) is 24.4. The summed E-state index contributed by atoms with van der Waals surface area (Å²) >= 11 is 0. The molecule has 2 aromatic rings. The average Bonchev–Trinajstić information content (AvgIpc) is 2.73. The summed E-state index contributed by atoms with van der Waals surface area (Å²) in [5, 5.41) is 4.77. The van der Waals surface area contributed by atoms with Gasteiger partial charge >= 0.3 is 6.18 Å². The van der Waals surface area contributed by atoms with E-state index in [1.54, 1.807) is 6.92 Å². The molecule has 31 heavy (non-hydrogen) atoms. The molecule has 0 heterocycles. The van der Waals surface area contributed by atoms with Gasteiger partial charge in [0, 0.05) is 6.54 Å². The molecular formula is C21H23F6N3O. The van der Waals surface area contributed by atoms with Gasteiger partial charge in [-0.2, -0.15) is 13.2 Å². The van der Waals surface area contributed by atoms with Gasteiger partial charge in [0.1, 0.15) is 6.17 Å². The Kier molecular flexibility index (Phi) is 8.18. The van der Waals surface area contributed by atoms with Gasteiger partial charge in [0.2, 0.25) is 6.17 Å². The first-order valence-electron chi connectivity index (χ1n) is 9.61. The molecule has 170 valence electrons. The van der Waals surface area contributed by atoms with Crippen LogP contribution in [0.5, 0.6) is 0 Å². The number of nitrogens with two attached hydrogens (primary N) is 1. The summed E-state index contributed by atoms with van der Waals surface area (Å²) in [6.07, 6.45) is -7.88. The fraction of sp³-hybridized carbons (Fsp3) is 0.381. The topological polar surface area (TPSA) is 67.2 Å². The van der Waals surface area contributed by atoms with Crippen LogP contribution in [0.3, 0.4) is 0 Å². The third kappa shape index (κ3) is 6.53. The number of hydrogen-bond acceptors (Lipinski definition) is 3. The lowest BCUT2D eigenvalue weighted by atomic mass is 10.1. The second-order valence-corrected chi connectivity index (χ2v) is 6.99. The molecule has 10 heteroatoms. The van der Waals surface area contributed by atoms with E-state index in [2.05, 4.69) is 10.6 Å². The number of amides is 1. The van der Waals surface area contributed by atoms with E-state index >= 15 is 0 Å². The van der Waals surface area contributed by atoms with Crippen LogP contribution in [0.4, 0.5) is 43.4 Å². The Morgan fingerprint density at radius 2 is 1.68 bits per heavy atom. The van der Waals surface area contributed by atoms with Crippen LogP contribution in [-0.4, -0.2) is 18.3 Å². The molecule has 0 radical (unpaired) electrons. The fourth-order valence-corrected chi connectivity index (χ4v) is 2.76. The van der Waals surface area contributed by atoms with Crippen LogP contribution in [0.1, 0.15) is 37.3 Å². The zero-order chi connectivity index (χ0) is 23.2. The van der Waals surface area contributed by atoms with Crippen molar-refractivity contribution >= 4 is 23.0 Å². The largest absolute Gasteiger partial charge is 0.416 e. The molecule has 0 bridgehead atoms. The molecule has 0 aliphatic carbocycles. The Morgan fingerprint density at radius 3 is 2.26 bits per heavy atom. The Hall–Kier alpha value is -2.91. The zero-order valence-corrected chi connectivity index (χ0v) is 16.7. The highest BCUT2D eigenvalue weighted by Gasteiger charge is 2.30. The lowest BCUT2D eigenvalue weighted by Gasteiger charge is -2.16. The Morgan fingerprint density at radius 1 is 1.06 bits per heavy atom. The van der Waals surface area contributed by atoms with Crippen LogP contribution in [0.25, 0.3) is 0 Å². The summed E-state index contributed by atoms with van der Waals surface area (Å²) in [4.78, 5) is 11.9. The van der Waals surface area contributed by atoms with Gasteiger partial charge in [-0.15, -0.1) is 0 Å². The van der Waals surface area contributed by atoms with E-state index in [1.807, 2.05) is 0 Å². The molecule has 0 unspecified atom stereocenters. The molecule has 0 spiro atoms. The van der Waals surface area contributed by atoms with Gasteiger partial charge in [-0.1, -0.05) is 31.9 Å². The highest BCUT2D eigenvalue weighted by molar-refractivity contribution is 5.97. The van der Waals surface area contributed by atoms with Crippen molar-refractivity contribution in [2.24, 2.45) is 0 Å². The lowest BCUT2D eigenvalue weighted by molar-refractivity contribution is -0.137. The molecule has 0 aromatic heterocycles. The van der Waals surface area contributed by atoms with E-state index in [1.165, 1.54) is 24.3 Å². The first-order chi connectivity index (χ1) is 14.5. The summed E-state index contributed by atoms with van der Waals surface area (Å²) < 4.78 is 79.9. The van der Waals surface area contributed by atoms with Gasteiger partial charge in [0.25, 0.3) is 5.91 Å². The normalized spacial score (nSPS) is 13.5. The number of halogens is 6. The van der Waals surface area contributed by atoms with Crippen molar-refractivity contribution in [3.8, 4) is 0 Å². The minimum atomic E-state index is -4.45. The summed E-state index contributed by atoms with van der Waals surface area (Å²) in [5.74, 6) is -2.21. The highest BCUT2D eigenvalue weighted by Crippen LogP contribution is 2.31. The number of rotatable bonds is 9. The van der Waals surface area contributed by atoms with Gasteiger partial charge in [-0.05, 0) is 36.2 Å². The third-order valence-electron chi connectivity index (χ3n) is 4.60. The standard InChI is InChI=1S/C21H23F6N3O/c1-2-3-4-14(22)17(23)20(31)30-16-10-9-15(18(24)19(16)28)29-11-12-5-7-13(8-6-12)21(25,26)27/h5-10,14,17,29H,2-4,11,28H2,1H3,(H,30,31)/t14-,17-/m0/s1. The van der Waals surface area contributed by atoms with Crippen molar-refractivity contribution in [1.29, 1.82) is 0 Å². The van der Waals surface area contributed by atoms with Crippen LogP contribution >= 0.6 is 0 Å². The molecule has 0 saturated heterocycles. The van der Waals surface area contributed by atoms with Crippen LogP contribution in [0.15, 0.2) is 36.4 Å². The Labute approximate surface area is 175 Å². The number of carbonyl (C=O) groups excluding carboxylic acids is 1. The zero-order valence-electron chi connectivity index (χ0n) is 16.7. The van der Waals surface area contributed by atoms with E-state index in [0.29, 0.717) is 18.4 Å². The molecule has 1 amide bonds. The number of nitrogen functional groups attached to an aromatic ring is 1. The van der Waals surface area contributed by atoms with Crippen molar-refractivity contribution in [1.82, 2.24) is 0 Å². The van der Waals surface area contributed by atoms with Crippen LogP contribution in [-0.2, 0) is 17.5 Å². The predicted octanol–water partition coefficient (Wildman–Crippen LogP) is 5.84. The number of alkyl halides is 5.